The van der Waals surface area contributed by atoms with E-state index in [9.17, 15) is 4.79 Å². The Labute approximate surface area is 108 Å². The number of carbonyl (C=O) groups is 1. The van der Waals surface area contributed by atoms with Crippen LogP contribution in [0.4, 0.5) is 0 Å². The van der Waals surface area contributed by atoms with Gasteiger partial charge in [0, 0.05) is 29.6 Å². The summed E-state index contributed by atoms with van der Waals surface area (Å²) in [6, 6.07) is 0. The fourth-order valence-electron chi connectivity index (χ4n) is 4.91. The maximum Gasteiger partial charge on any atom is 0.192 e. The quantitative estimate of drug-likeness (QED) is 0.702. The van der Waals surface area contributed by atoms with E-state index in [1.54, 1.807) is 0 Å². The van der Waals surface area contributed by atoms with Crippen molar-refractivity contribution in [2.75, 3.05) is 6.26 Å². The number of thioether (sulfide) groups is 1. The zero-order valence-electron chi connectivity index (χ0n) is 10.1. The predicted octanol–water partition coefficient (Wildman–Crippen LogP) is 0.786. The van der Waals surface area contributed by atoms with E-state index in [1.807, 2.05) is 13.2 Å². The number of ether oxygens (including phenoxy) is 4. The summed E-state index contributed by atoms with van der Waals surface area (Å²) in [7, 11) is 0. The number of carbonyl (C=O) groups excluding carboxylic acids is 1. The SMILES string of the molecule is CSC(=O)[C@@H]1C2C3C4C1[C@]1(C)O[C@@H]4O[C@@H]3O[C@H]2O1. The summed E-state index contributed by atoms with van der Waals surface area (Å²) >= 11 is 1.31. The fraction of sp³-hybridized carbons (Fsp3) is 0.917. The van der Waals surface area contributed by atoms with Crippen LogP contribution in [0.1, 0.15) is 6.92 Å². The van der Waals surface area contributed by atoms with Crippen molar-refractivity contribution in [2.24, 2.45) is 29.6 Å². The van der Waals surface area contributed by atoms with E-state index in [0.717, 1.165) is 0 Å². The summed E-state index contributed by atoms with van der Waals surface area (Å²) in [6.07, 6.45) is 1.02. The van der Waals surface area contributed by atoms with Crippen molar-refractivity contribution in [1.82, 2.24) is 0 Å². The van der Waals surface area contributed by atoms with Crippen LogP contribution in [0, 0.1) is 29.6 Å². The number of hydrogen-bond donors (Lipinski definition) is 0. The lowest BCUT2D eigenvalue weighted by atomic mass is 9.81. The second kappa shape index (κ2) is 2.96. The van der Waals surface area contributed by atoms with Crippen LogP contribution in [0.2, 0.25) is 0 Å². The zero-order valence-corrected chi connectivity index (χ0v) is 10.9. The summed E-state index contributed by atoms with van der Waals surface area (Å²) in [5, 5.41) is 0.243. The van der Waals surface area contributed by atoms with Crippen LogP contribution in [0.25, 0.3) is 0 Å². The molecule has 98 valence electrons. The summed E-state index contributed by atoms with van der Waals surface area (Å²) in [5.74, 6) is 0.105. The largest absolute Gasteiger partial charge is 0.323 e. The van der Waals surface area contributed by atoms with E-state index < -0.39 is 5.79 Å². The van der Waals surface area contributed by atoms with Crippen molar-refractivity contribution >= 4 is 16.9 Å². The Bertz CT molecular complexity index is 456. The summed E-state index contributed by atoms with van der Waals surface area (Å²) in [4.78, 5) is 12.3. The standard InChI is InChI=1S/C12H14O5S/c1-12-7-5(8(13)18-2)3-4-6(7)11(17-12)15-9(4)14-10(3)16-12/h3-7,9-11H,1-2H3/t3?,4?,5-,6?,7?,9+,10+,11+,12+/m1/s1. The van der Waals surface area contributed by atoms with E-state index in [1.165, 1.54) is 11.8 Å². The van der Waals surface area contributed by atoms with Crippen molar-refractivity contribution in [3.05, 3.63) is 0 Å². The second-order valence-electron chi connectivity index (χ2n) is 5.94. The van der Waals surface area contributed by atoms with Crippen LogP contribution in [-0.2, 0) is 23.7 Å². The molecular weight excluding hydrogens is 256 g/mol. The van der Waals surface area contributed by atoms with E-state index in [0.29, 0.717) is 0 Å². The maximum atomic E-state index is 12.3. The molecule has 2 bridgehead atoms. The lowest BCUT2D eigenvalue weighted by Gasteiger charge is -2.43. The highest BCUT2D eigenvalue weighted by molar-refractivity contribution is 8.13. The minimum atomic E-state index is -0.716. The molecule has 4 aliphatic heterocycles. The van der Waals surface area contributed by atoms with Gasteiger partial charge in [-0.25, -0.2) is 0 Å². The summed E-state index contributed by atoms with van der Waals surface area (Å²) in [6.45, 7) is 1.93. The zero-order chi connectivity index (χ0) is 12.2. The third kappa shape index (κ3) is 0.915. The Balaban J connectivity index is 1.70. The minimum Gasteiger partial charge on any atom is -0.323 e. The van der Waals surface area contributed by atoms with Crippen LogP contribution >= 0.6 is 11.8 Å². The van der Waals surface area contributed by atoms with Crippen molar-refractivity contribution in [3.8, 4) is 0 Å². The molecule has 0 aromatic carbocycles. The third-order valence-corrected chi connectivity index (χ3v) is 6.04. The van der Waals surface area contributed by atoms with E-state index >= 15 is 0 Å². The van der Waals surface area contributed by atoms with E-state index in [2.05, 4.69) is 0 Å². The molecule has 4 unspecified atom stereocenters. The van der Waals surface area contributed by atoms with Gasteiger partial charge in [0.05, 0.1) is 0 Å². The average Bonchev–Trinajstić information content (AvgIpc) is 2.95. The van der Waals surface area contributed by atoms with Gasteiger partial charge in [-0.1, -0.05) is 11.8 Å². The van der Waals surface area contributed by atoms with Crippen LogP contribution in [0.3, 0.4) is 0 Å². The molecule has 5 aliphatic rings. The predicted molar refractivity (Wildman–Crippen MR) is 60.1 cm³/mol. The van der Waals surface area contributed by atoms with Gasteiger partial charge in [-0.05, 0) is 13.2 Å². The van der Waals surface area contributed by atoms with Crippen molar-refractivity contribution in [1.29, 1.82) is 0 Å². The Hall–Kier alpha value is -0.140. The maximum absolute atomic E-state index is 12.3. The second-order valence-corrected chi connectivity index (χ2v) is 6.75. The lowest BCUT2D eigenvalue weighted by molar-refractivity contribution is -0.393. The molecular formula is C12H14O5S. The molecule has 0 radical (unpaired) electrons. The molecule has 0 aromatic heterocycles. The third-order valence-electron chi connectivity index (χ3n) is 5.36. The van der Waals surface area contributed by atoms with Crippen molar-refractivity contribution in [3.63, 3.8) is 0 Å². The minimum absolute atomic E-state index is 0.00218. The Morgan fingerprint density at radius 1 is 1.06 bits per heavy atom. The summed E-state index contributed by atoms with van der Waals surface area (Å²) < 4.78 is 23.5. The topological polar surface area (TPSA) is 54.0 Å². The van der Waals surface area contributed by atoms with E-state index in [4.69, 9.17) is 18.9 Å². The van der Waals surface area contributed by atoms with Crippen molar-refractivity contribution < 1.29 is 23.7 Å². The van der Waals surface area contributed by atoms with Gasteiger partial charge in [-0.3, -0.25) is 4.79 Å². The Morgan fingerprint density at radius 3 is 2.39 bits per heavy atom. The lowest BCUT2D eigenvalue weighted by Crippen LogP contribution is -2.52. The first-order valence-electron chi connectivity index (χ1n) is 6.38. The first kappa shape index (κ1) is 10.6. The molecule has 0 spiro atoms. The first-order valence-corrected chi connectivity index (χ1v) is 7.61. The molecule has 4 heterocycles. The van der Waals surface area contributed by atoms with Gasteiger partial charge in [-0.2, -0.15) is 0 Å². The van der Waals surface area contributed by atoms with Crippen LogP contribution in [0.5, 0.6) is 0 Å². The highest BCUT2D eigenvalue weighted by Crippen LogP contribution is 2.71. The smallest absolute Gasteiger partial charge is 0.192 e. The van der Waals surface area contributed by atoms with Gasteiger partial charge in [0.1, 0.15) is 0 Å². The average molecular weight is 270 g/mol. The normalized spacial score (nSPS) is 66.1. The molecule has 5 rings (SSSR count). The molecule has 0 amide bonds. The Kier molecular flexibility index (Phi) is 1.75. The molecule has 0 N–H and O–H groups in total. The van der Waals surface area contributed by atoms with Crippen LogP contribution < -0.4 is 0 Å². The molecule has 5 fully saturated rings. The first-order chi connectivity index (χ1) is 8.64. The van der Waals surface area contributed by atoms with Crippen LogP contribution in [0.15, 0.2) is 0 Å². The number of hydrogen-bond acceptors (Lipinski definition) is 6. The molecule has 0 aromatic rings. The van der Waals surface area contributed by atoms with Gasteiger partial charge in [0.15, 0.2) is 29.8 Å². The molecule has 9 atom stereocenters. The van der Waals surface area contributed by atoms with Gasteiger partial charge in [-0.15, -0.1) is 0 Å². The van der Waals surface area contributed by atoms with Gasteiger partial charge >= 0.3 is 0 Å². The van der Waals surface area contributed by atoms with Crippen molar-refractivity contribution in [2.45, 2.75) is 31.6 Å². The number of rotatable bonds is 1. The molecule has 18 heavy (non-hydrogen) atoms. The highest BCUT2D eigenvalue weighted by Gasteiger charge is 2.80. The monoisotopic (exact) mass is 270 g/mol. The molecule has 1 saturated carbocycles. The molecule has 1 aliphatic carbocycles. The Morgan fingerprint density at radius 2 is 1.72 bits per heavy atom. The van der Waals surface area contributed by atoms with Gasteiger partial charge in [0.2, 0.25) is 0 Å². The molecule has 6 heteroatoms. The van der Waals surface area contributed by atoms with E-state index in [-0.39, 0.29) is 53.6 Å². The van der Waals surface area contributed by atoms with Gasteiger partial charge < -0.3 is 18.9 Å². The van der Waals surface area contributed by atoms with Gasteiger partial charge in [0.25, 0.3) is 0 Å². The molecule has 5 nitrogen and oxygen atoms in total. The molecule has 4 saturated heterocycles. The van der Waals surface area contributed by atoms with Crippen LogP contribution in [-0.4, -0.2) is 36.0 Å². The summed E-state index contributed by atoms with van der Waals surface area (Å²) in [5.41, 5.74) is 0. The fourth-order valence-corrected chi connectivity index (χ4v) is 5.49. The highest BCUT2D eigenvalue weighted by atomic mass is 32.2.